The molecule has 8 heteroatoms. The molecule has 1 atom stereocenters. The number of nitrogens with one attached hydrogen (secondary N) is 1. The number of hydrogen-bond donors (Lipinski definition) is 2. The molecule has 0 spiro atoms. The normalized spacial score (nSPS) is 13.3. The average molecular weight is 410 g/mol. The molecule has 3 aromatic rings. The average Bonchev–Trinajstić information content (AvgIpc) is 3.39. The fourth-order valence-electron chi connectivity index (χ4n) is 3.28. The number of nitrogens with zero attached hydrogens (tertiary/aromatic N) is 3. The van der Waals surface area contributed by atoms with Crippen LogP contribution < -0.4 is 19.5 Å². The molecule has 1 aliphatic heterocycles. The third-order valence-corrected chi connectivity index (χ3v) is 4.77. The first-order valence-corrected chi connectivity index (χ1v) is 10.2. The predicted octanol–water partition coefficient (Wildman–Crippen LogP) is 3.63. The zero-order valence-electron chi connectivity index (χ0n) is 17.2. The van der Waals surface area contributed by atoms with Crippen LogP contribution in [0.5, 0.6) is 17.5 Å². The highest BCUT2D eigenvalue weighted by Gasteiger charge is 2.19. The van der Waals surface area contributed by atoms with Crippen LogP contribution >= 0.6 is 0 Å². The fraction of sp³-hybridized carbons (Fsp3) is 0.364. The minimum absolute atomic E-state index is 0.219. The largest absolute Gasteiger partial charge is 0.463 e. The van der Waals surface area contributed by atoms with Crippen molar-refractivity contribution in [2.75, 3.05) is 25.3 Å². The van der Waals surface area contributed by atoms with Crippen molar-refractivity contribution in [1.82, 2.24) is 14.8 Å². The molecule has 0 saturated carbocycles. The maximum absolute atomic E-state index is 9.91. The Bertz CT molecular complexity index is 987. The van der Waals surface area contributed by atoms with E-state index in [0.29, 0.717) is 30.7 Å². The van der Waals surface area contributed by atoms with Crippen molar-refractivity contribution >= 4 is 5.69 Å². The summed E-state index contributed by atoms with van der Waals surface area (Å²) in [5.74, 6) is 2.05. The molecule has 0 bridgehead atoms. The van der Waals surface area contributed by atoms with E-state index in [2.05, 4.69) is 22.3 Å². The summed E-state index contributed by atoms with van der Waals surface area (Å²) in [7, 11) is 0. The van der Waals surface area contributed by atoms with Gasteiger partial charge in [0, 0.05) is 17.8 Å². The number of ether oxygens (including phenoxy) is 3. The van der Waals surface area contributed by atoms with Gasteiger partial charge < -0.3 is 24.6 Å². The van der Waals surface area contributed by atoms with Gasteiger partial charge in [-0.1, -0.05) is 13.3 Å². The van der Waals surface area contributed by atoms with Crippen molar-refractivity contribution in [2.45, 2.75) is 32.8 Å². The molecule has 1 unspecified atom stereocenters. The zero-order valence-corrected chi connectivity index (χ0v) is 17.2. The Morgan fingerprint density at radius 1 is 1.13 bits per heavy atom. The monoisotopic (exact) mass is 410 g/mol. The van der Waals surface area contributed by atoms with Crippen molar-refractivity contribution in [3.63, 3.8) is 0 Å². The van der Waals surface area contributed by atoms with E-state index in [-0.39, 0.29) is 12.9 Å². The smallest absolute Gasteiger partial charge is 0.336 e. The van der Waals surface area contributed by atoms with Crippen LogP contribution in [0.1, 0.15) is 26.7 Å². The van der Waals surface area contributed by atoms with Gasteiger partial charge in [-0.25, -0.2) is 4.68 Å². The van der Waals surface area contributed by atoms with E-state index in [0.717, 1.165) is 35.5 Å². The molecule has 2 N–H and O–H groups in total. The summed E-state index contributed by atoms with van der Waals surface area (Å²) >= 11 is 0. The molecule has 0 saturated heterocycles. The Morgan fingerprint density at radius 2 is 1.93 bits per heavy atom. The number of anilines is 1. The van der Waals surface area contributed by atoms with Crippen LogP contribution in [0.2, 0.25) is 0 Å². The molecule has 0 amide bonds. The number of aromatic nitrogens is 3. The van der Waals surface area contributed by atoms with Gasteiger partial charge in [0.25, 0.3) is 0 Å². The Morgan fingerprint density at radius 3 is 2.70 bits per heavy atom. The lowest BCUT2D eigenvalue weighted by Gasteiger charge is -2.12. The predicted molar refractivity (Wildman–Crippen MR) is 113 cm³/mol. The van der Waals surface area contributed by atoms with Gasteiger partial charge in [0.05, 0.1) is 18.4 Å². The van der Waals surface area contributed by atoms with E-state index in [1.165, 1.54) is 0 Å². The minimum Gasteiger partial charge on any atom is -0.463 e. The van der Waals surface area contributed by atoms with E-state index < -0.39 is 0 Å². The molecule has 0 fully saturated rings. The van der Waals surface area contributed by atoms with E-state index >= 15 is 0 Å². The number of fused-ring (bicyclic) bond motifs is 1. The Hall–Kier alpha value is -3.26. The van der Waals surface area contributed by atoms with Gasteiger partial charge in [-0.05, 0) is 55.8 Å². The van der Waals surface area contributed by atoms with Crippen LogP contribution in [0, 0.1) is 0 Å². The quantitative estimate of drug-likeness (QED) is 0.557. The van der Waals surface area contributed by atoms with Crippen LogP contribution in [0.15, 0.2) is 42.5 Å². The van der Waals surface area contributed by atoms with Gasteiger partial charge >= 0.3 is 6.01 Å². The second kappa shape index (κ2) is 9.04. The number of rotatable bonds is 9. The van der Waals surface area contributed by atoms with E-state index in [1.807, 2.05) is 49.4 Å². The molecule has 158 valence electrons. The van der Waals surface area contributed by atoms with E-state index in [1.54, 1.807) is 4.68 Å². The molecule has 8 nitrogen and oxygen atoms in total. The van der Waals surface area contributed by atoms with E-state index in [9.17, 15) is 5.11 Å². The van der Waals surface area contributed by atoms with Gasteiger partial charge in [-0.2, -0.15) is 4.98 Å². The highest BCUT2D eigenvalue weighted by Crippen LogP contribution is 2.36. The minimum atomic E-state index is -0.351. The standard InChI is InChI=1S/C22H26N4O4/c1-3-5-18(27)13-23-16-7-9-17(10-8-16)26-21(24-22(25-26)28-4-2)15-6-11-19-20(12-15)30-14-29-19/h6-12,18,23,27H,3-5,13-14H2,1-2H3. The van der Waals surface area contributed by atoms with Crippen LogP contribution in [0.4, 0.5) is 5.69 Å². The molecule has 1 aliphatic rings. The lowest BCUT2D eigenvalue weighted by atomic mass is 10.2. The first-order chi connectivity index (χ1) is 14.7. The fourth-order valence-corrected chi connectivity index (χ4v) is 3.28. The first-order valence-electron chi connectivity index (χ1n) is 10.2. The highest BCUT2D eigenvalue weighted by molar-refractivity contribution is 5.64. The zero-order chi connectivity index (χ0) is 20.9. The number of aliphatic hydroxyl groups is 1. The number of aliphatic hydroxyl groups excluding tert-OH is 1. The van der Waals surface area contributed by atoms with Crippen LogP contribution in [0.3, 0.4) is 0 Å². The molecule has 2 heterocycles. The summed E-state index contributed by atoms with van der Waals surface area (Å²) in [5, 5.41) is 17.7. The van der Waals surface area contributed by atoms with Gasteiger partial charge in [-0.3, -0.25) is 0 Å². The molecule has 2 aromatic carbocycles. The van der Waals surface area contributed by atoms with Gasteiger partial charge in [0.1, 0.15) is 0 Å². The molecule has 30 heavy (non-hydrogen) atoms. The topological polar surface area (TPSA) is 90.7 Å². The number of hydrogen-bond acceptors (Lipinski definition) is 7. The summed E-state index contributed by atoms with van der Waals surface area (Å²) in [6, 6.07) is 13.8. The summed E-state index contributed by atoms with van der Waals surface area (Å²) in [4.78, 5) is 4.56. The Kier molecular flexibility index (Phi) is 6.04. The summed E-state index contributed by atoms with van der Waals surface area (Å²) in [6.45, 7) is 5.18. The number of benzene rings is 2. The second-order valence-electron chi connectivity index (χ2n) is 7.00. The van der Waals surface area contributed by atoms with Gasteiger partial charge in [0.15, 0.2) is 17.3 Å². The molecule has 1 aromatic heterocycles. The summed E-state index contributed by atoms with van der Waals surface area (Å²) in [5.41, 5.74) is 2.63. The van der Waals surface area contributed by atoms with Crippen LogP contribution in [0.25, 0.3) is 17.1 Å². The molecular weight excluding hydrogens is 384 g/mol. The first kappa shape index (κ1) is 20.0. The summed E-state index contributed by atoms with van der Waals surface area (Å²) < 4.78 is 18.2. The third kappa shape index (κ3) is 4.33. The molecule has 4 rings (SSSR count). The molecule has 0 aliphatic carbocycles. The van der Waals surface area contributed by atoms with Crippen molar-refractivity contribution < 1.29 is 19.3 Å². The lowest BCUT2D eigenvalue weighted by molar-refractivity contribution is 0.174. The molecule has 0 radical (unpaired) electrons. The Labute approximate surface area is 175 Å². The van der Waals surface area contributed by atoms with Gasteiger partial charge in [-0.15, -0.1) is 5.10 Å². The summed E-state index contributed by atoms with van der Waals surface area (Å²) in [6.07, 6.45) is 1.39. The van der Waals surface area contributed by atoms with Crippen molar-refractivity contribution in [2.24, 2.45) is 0 Å². The van der Waals surface area contributed by atoms with Crippen LogP contribution in [-0.2, 0) is 0 Å². The van der Waals surface area contributed by atoms with E-state index in [4.69, 9.17) is 14.2 Å². The van der Waals surface area contributed by atoms with Crippen molar-refractivity contribution in [1.29, 1.82) is 0 Å². The third-order valence-electron chi connectivity index (χ3n) is 4.77. The maximum atomic E-state index is 9.91. The second-order valence-corrected chi connectivity index (χ2v) is 7.00. The van der Waals surface area contributed by atoms with Crippen LogP contribution in [-0.4, -0.2) is 45.9 Å². The maximum Gasteiger partial charge on any atom is 0.336 e. The Balaban J connectivity index is 1.60. The van der Waals surface area contributed by atoms with Gasteiger partial charge in [0.2, 0.25) is 6.79 Å². The molecular formula is C22H26N4O4. The lowest BCUT2D eigenvalue weighted by Crippen LogP contribution is -2.18. The SMILES string of the molecule is CCCC(O)CNc1ccc(-n2nc(OCC)nc2-c2ccc3c(c2)OCO3)cc1. The van der Waals surface area contributed by atoms with Crippen molar-refractivity contribution in [3.05, 3.63) is 42.5 Å². The van der Waals surface area contributed by atoms with Crippen molar-refractivity contribution in [3.8, 4) is 34.6 Å². The highest BCUT2D eigenvalue weighted by atomic mass is 16.7.